The van der Waals surface area contributed by atoms with E-state index in [1.807, 2.05) is 0 Å². The first-order valence-corrected chi connectivity index (χ1v) is 6.75. The van der Waals surface area contributed by atoms with Gasteiger partial charge in [-0.3, -0.25) is 4.90 Å². The van der Waals surface area contributed by atoms with Crippen LogP contribution in [0, 0.1) is 11.3 Å². The third-order valence-corrected chi connectivity index (χ3v) is 3.21. The van der Waals surface area contributed by atoms with Crippen LogP contribution in [-0.2, 0) is 0 Å². The van der Waals surface area contributed by atoms with Crippen molar-refractivity contribution in [3.8, 4) is 0 Å². The van der Waals surface area contributed by atoms with Gasteiger partial charge in [-0.1, -0.05) is 34.6 Å². The lowest BCUT2D eigenvalue weighted by molar-refractivity contribution is 0.0935. The van der Waals surface area contributed by atoms with Gasteiger partial charge >= 0.3 is 0 Å². The Hall–Kier alpha value is -0.0800. The minimum atomic E-state index is 0.411. The molecule has 0 radical (unpaired) electrons. The first kappa shape index (κ1) is 14.0. The molecule has 0 aromatic heterocycles. The van der Waals surface area contributed by atoms with Crippen LogP contribution in [0.15, 0.2) is 0 Å². The second-order valence-electron chi connectivity index (χ2n) is 7.07. The quantitative estimate of drug-likeness (QED) is 0.796. The predicted octanol–water partition coefficient (Wildman–Crippen LogP) is 2.74. The van der Waals surface area contributed by atoms with Crippen molar-refractivity contribution in [2.24, 2.45) is 11.3 Å². The van der Waals surface area contributed by atoms with Gasteiger partial charge in [-0.25, -0.2) is 0 Å². The monoisotopic (exact) mass is 226 g/mol. The van der Waals surface area contributed by atoms with Crippen molar-refractivity contribution in [2.45, 2.75) is 60.0 Å². The zero-order chi connectivity index (χ0) is 12.3. The third kappa shape index (κ3) is 4.84. The number of hydrogen-bond acceptors (Lipinski definition) is 2. The Labute approximate surface area is 102 Å². The Balaban J connectivity index is 2.48. The van der Waals surface area contributed by atoms with Gasteiger partial charge in [0.1, 0.15) is 0 Å². The zero-order valence-corrected chi connectivity index (χ0v) is 12.0. The van der Waals surface area contributed by atoms with E-state index in [0.717, 1.165) is 12.5 Å². The summed E-state index contributed by atoms with van der Waals surface area (Å²) in [4.78, 5) is 2.66. The van der Waals surface area contributed by atoms with Crippen molar-refractivity contribution < 1.29 is 0 Å². The van der Waals surface area contributed by atoms with Gasteiger partial charge in [0, 0.05) is 31.7 Å². The Morgan fingerprint density at radius 3 is 2.44 bits per heavy atom. The molecule has 1 fully saturated rings. The molecule has 1 aliphatic heterocycles. The molecule has 0 aromatic carbocycles. The lowest BCUT2D eigenvalue weighted by Gasteiger charge is -2.42. The highest BCUT2D eigenvalue weighted by Gasteiger charge is 2.28. The van der Waals surface area contributed by atoms with Gasteiger partial charge in [0.05, 0.1) is 0 Å². The summed E-state index contributed by atoms with van der Waals surface area (Å²) in [6, 6.07) is 1.38. The summed E-state index contributed by atoms with van der Waals surface area (Å²) in [6.45, 7) is 17.5. The smallest absolute Gasteiger partial charge is 0.0198 e. The van der Waals surface area contributed by atoms with Crippen LogP contribution >= 0.6 is 0 Å². The molecule has 0 aliphatic carbocycles. The Kier molecular flexibility index (Phi) is 4.81. The number of nitrogens with one attached hydrogen (secondary N) is 1. The van der Waals surface area contributed by atoms with E-state index in [1.165, 1.54) is 19.5 Å². The fourth-order valence-electron chi connectivity index (χ4n) is 2.55. The maximum absolute atomic E-state index is 3.67. The van der Waals surface area contributed by atoms with Crippen molar-refractivity contribution in [2.75, 3.05) is 19.6 Å². The molecule has 1 N–H and O–H groups in total. The molecule has 2 unspecified atom stereocenters. The second kappa shape index (κ2) is 5.50. The molecule has 2 nitrogen and oxygen atoms in total. The third-order valence-electron chi connectivity index (χ3n) is 3.21. The Morgan fingerprint density at radius 1 is 1.31 bits per heavy atom. The molecule has 16 heavy (non-hydrogen) atoms. The van der Waals surface area contributed by atoms with Crippen LogP contribution in [-0.4, -0.2) is 36.6 Å². The van der Waals surface area contributed by atoms with E-state index in [1.54, 1.807) is 0 Å². The molecule has 0 spiro atoms. The molecule has 1 rings (SSSR count). The van der Waals surface area contributed by atoms with Crippen molar-refractivity contribution in [3.05, 3.63) is 0 Å². The molecule has 1 aliphatic rings. The summed E-state index contributed by atoms with van der Waals surface area (Å²) in [7, 11) is 0. The topological polar surface area (TPSA) is 15.3 Å². The lowest BCUT2D eigenvalue weighted by Crippen LogP contribution is -2.57. The minimum Gasteiger partial charge on any atom is -0.311 e. The van der Waals surface area contributed by atoms with Crippen LogP contribution in [0.2, 0.25) is 0 Å². The Morgan fingerprint density at radius 2 is 1.94 bits per heavy atom. The van der Waals surface area contributed by atoms with Crippen LogP contribution in [0.1, 0.15) is 48.0 Å². The van der Waals surface area contributed by atoms with Crippen LogP contribution in [0.4, 0.5) is 0 Å². The average Bonchev–Trinajstić information content (AvgIpc) is 2.07. The highest BCUT2D eigenvalue weighted by atomic mass is 15.2. The molecule has 0 amide bonds. The SMILES string of the molecule is CC(C)CC1CN(CC(C)(C)C)C(C)CN1. The maximum Gasteiger partial charge on any atom is 0.0198 e. The van der Waals surface area contributed by atoms with E-state index in [4.69, 9.17) is 0 Å². The van der Waals surface area contributed by atoms with Gasteiger partial charge in [-0.15, -0.1) is 0 Å². The predicted molar refractivity (Wildman–Crippen MR) is 71.7 cm³/mol. The molecule has 0 bridgehead atoms. The van der Waals surface area contributed by atoms with Gasteiger partial charge < -0.3 is 5.32 Å². The lowest BCUT2D eigenvalue weighted by atomic mass is 9.93. The minimum absolute atomic E-state index is 0.411. The highest BCUT2D eigenvalue weighted by Crippen LogP contribution is 2.20. The number of piperazine rings is 1. The van der Waals surface area contributed by atoms with Gasteiger partial charge in [0.25, 0.3) is 0 Å². The molecular formula is C14H30N2. The van der Waals surface area contributed by atoms with E-state index in [0.29, 0.717) is 17.5 Å². The first-order valence-electron chi connectivity index (χ1n) is 6.75. The standard InChI is InChI=1S/C14H30N2/c1-11(2)7-13-9-16(10-14(4,5)6)12(3)8-15-13/h11-13,15H,7-10H2,1-6H3. The van der Waals surface area contributed by atoms with E-state index < -0.39 is 0 Å². The molecule has 0 aromatic rings. The van der Waals surface area contributed by atoms with Crippen LogP contribution in [0.3, 0.4) is 0 Å². The van der Waals surface area contributed by atoms with Crippen molar-refractivity contribution in [1.29, 1.82) is 0 Å². The summed E-state index contributed by atoms with van der Waals surface area (Å²) < 4.78 is 0. The van der Waals surface area contributed by atoms with Crippen LogP contribution in [0.5, 0.6) is 0 Å². The van der Waals surface area contributed by atoms with Crippen LogP contribution in [0.25, 0.3) is 0 Å². The molecule has 2 heteroatoms. The summed E-state index contributed by atoms with van der Waals surface area (Å²) in [5.74, 6) is 0.794. The molecular weight excluding hydrogens is 196 g/mol. The zero-order valence-electron chi connectivity index (χ0n) is 12.0. The number of hydrogen-bond donors (Lipinski definition) is 1. The number of nitrogens with zero attached hydrogens (tertiary/aromatic N) is 1. The molecule has 2 atom stereocenters. The Bertz CT molecular complexity index is 205. The highest BCUT2D eigenvalue weighted by molar-refractivity contribution is 4.86. The normalized spacial score (nSPS) is 28.7. The van der Waals surface area contributed by atoms with Gasteiger partial charge in [0.2, 0.25) is 0 Å². The maximum atomic E-state index is 3.67. The van der Waals surface area contributed by atoms with Gasteiger partial charge in [-0.2, -0.15) is 0 Å². The summed E-state index contributed by atoms with van der Waals surface area (Å²) in [5.41, 5.74) is 0.411. The van der Waals surface area contributed by atoms with E-state index >= 15 is 0 Å². The van der Waals surface area contributed by atoms with Crippen molar-refractivity contribution in [1.82, 2.24) is 10.2 Å². The molecule has 1 saturated heterocycles. The van der Waals surface area contributed by atoms with Crippen LogP contribution < -0.4 is 5.32 Å². The van der Waals surface area contributed by atoms with Gasteiger partial charge in [0.15, 0.2) is 0 Å². The average molecular weight is 226 g/mol. The number of rotatable bonds is 3. The van der Waals surface area contributed by atoms with Crippen molar-refractivity contribution >= 4 is 0 Å². The molecule has 96 valence electrons. The van der Waals surface area contributed by atoms with Crippen molar-refractivity contribution in [3.63, 3.8) is 0 Å². The summed E-state index contributed by atoms with van der Waals surface area (Å²) >= 11 is 0. The van der Waals surface area contributed by atoms with E-state index in [2.05, 4.69) is 51.8 Å². The fourth-order valence-corrected chi connectivity index (χ4v) is 2.55. The summed E-state index contributed by atoms with van der Waals surface area (Å²) in [5, 5.41) is 3.67. The molecule has 0 saturated carbocycles. The first-order chi connectivity index (χ1) is 7.28. The van der Waals surface area contributed by atoms with Gasteiger partial charge in [-0.05, 0) is 24.7 Å². The summed E-state index contributed by atoms with van der Waals surface area (Å²) in [6.07, 6.45) is 1.30. The van der Waals surface area contributed by atoms with E-state index in [9.17, 15) is 0 Å². The van der Waals surface area contributed by atoms with E-state index in [-0.39, 0.29) is 0 Å². The largest absolute Gasteiger partial charge is 0.311 e. The second-order valence-corrected chi connectivity index (χ2v) is 7.07. The molecule has 1 heterocycles. The fraction of sp³-hybridized carbons (Fsp3) is 1.00.